The molecule has 1 heterocycles. The minimum Gasteiger partial charge on any atom is -0.491 e. The third-order valence-electron chi connectivity index (χ3n) is 4.24. The van der Waals surface area contributed by atoms with Gasteiger partial charge in [0.15, 0.2) is 6.29 Å². The number of nitrogens with one attached hydrogen (secondary N) is 3. The van der Waals surface area contributed by atoms with Crippen molar-refractivity contribution in [3.05, 3.63) is 59.2 Å². The Labute approximate surface area is 166 Å². The smallest absolute Gasteiger partial charge is 0.195 e. The Kier molecular flexibility index (Phi) is 5.94. The van der Waals surface area contributed by atoms with E-state index in [1.807, 2.05) is 49.6 Å². The molecule has 6 N–H and O–H groups in total. The number of rotatable bonds is 7. The monoisotopic (exact) mass is 383 g/mol. The summed E-state index contributed by atoms with van der Waals surface area (Å²) in [5, 5.41) is 19.9. The molecule has 1 unspecified atom stereocenters. The van der Waals surface area contributed by atoms with E-state index in [-0.39, 0.29) is 12.9 Å². The van der Waals surface area contributed by atoms with Crippen molar-refractivity contribution in [1.82, 2.24) is 10.6 Å². The first-order valence-corrected chi connectivity index (χ1v) is 9.44. The van der Waals surface area contributed by atoms with Crippen molar-refractivity contribution in [3.63, 3.8) is 0 Å². The predicted octanol–water partition coefficient (Wildman–Crippen LogP) is 2.55. The van der Waals surface area contributed by atoms with Gasteiger partial charge in [-0.1, -0.05) is 12.1 Å². The molecule has 0 spiro atoms. The lowest BCUT2D eigenvalue weighted by atomic mass is 10.1. The van der Waals surface area contributed by atoms with Crippen molar-refractivity contribution < 1.29 is 9.84 Å². The Morgan fingerprint density at radius 1 is 1.39 bits per heavy atom. The van der Waals surface area contributed by atoms with Gasteiger partial charge in [0.25, 0.3) is 0 Å². The molecule has 1 aromatic carbocycles. The van der Waals surface area contributed by atoms with Crippen molar-refractivity contribution >= 4 is 11.9 Å². The van der Waals surface area contributed by atoms with Crippen LogP contribution in [0.1, 0.15) is 33.6 Å². The lowest BCUT2D eigenvalue weighted by Crippen LogP contribution is -2.42. The Bertz CT molecular complexity index is 833. The lowest BCUT2D eigenvalue weighted by Gasteiger charge is -2.27. The van der Waals surface area contributed by atoms with E-state index in [1.54, 1.807) is 13.8 Å². The SMILES string of the molecule is CC1=C(NC2=CC(N)=CCC2)NC(Nc2cccc(OCC(C)(C)O)c2)N=C1. The normalized spacial score (nSPS) is 19.5. The van der Waals surface area contributed by atoms with Crippen LogP contribution in [0.2, 0.25) is 0 Å². The molecule has 2 aliphatic rings. The van der Waals surface area contributed by atoms with Crippen LogP contribution in [0.25, 0.3) is 0 Å². The molecule has 0 saturated heterocycles. The fourth-order valence-electron chi connectivity index (χ4n) is 2.83. The van der Waals surface area contributed by atoms with Gasteiger partial charge in [0.1, 0.15) is 18.2 Å². The highest BCUT2D eigenvalue weighted by atomic mass is 16.5. The summed E-state index contributed by atoms with van der Waals surface area (Å²) in [6.07, 6.45) is 7.38. The van der Waals surface area contributed by atoms with Gasteiger partial charge in [0.05, 0.1) is 5.60 Å². The minimum absolute atomic E-state index is 0.221. The van der Waals surface area contributed by atoms with Crippen LogP contribution in [-0.4, -0.2) is 29.8 Å². The minimum atomic E-state index is -0.881. The Hall–Kier alpha value is -2.93. The molecule has 3 rings (SSSR count). The molecule has 0 radical (unpaired) electrons. The second-order valence-corrected chi connectivity index (χ2v) is 7.69. The number of hydrogen-bond acceptors (Lipinski definition) is 7. The summed E-state index contributed by atoms with van der Waals surface area (Å²) < 4.78 is 5.65. The second kappa shape index (κ2) is 8.39. The largest absolute Gasteiger partial charge is 0.491 e. The molecule has 1 aliphatic heterocycles. The number of hydrogen-bond donors (Lipinski definition) is 5. The topological polar surface area (TPSA) is 104 Å². The van der Waals surface area contributed by atoms with Crippen LogP contribution in [-0.2, 0) is 0 Å². The standard InChI is InChI=1S/C21H29N5O2/c1-14-12-23-20(26-19(14)24-16-7-4-6-15(22)10-16)25-17-8-5-9-18(11-17)28-13-21(2,3)27/h5-6,8-12,20,24-27H,4,7,13,22H2,1-3H3. The first-order chi connectivity index (χ1) is 13.3. The maximum absolute atomic E-state index is 9.82. The van der Waals surface area contributed by atoms with Crippen LogP contribution < -0.4 is 26.4 Å². The molecular formula is C21H29N5O2. The van der Waals surface area contributed by atoms with E-state index in [9.17, 15) is 5.11 Å². The molecule has 7 nitrogen and oxygen atoms in total. The van der Waals surface area contributed by atoms with Crippen LogP contribution in [0.3, 0.4) is 0 Å². The first kappa shape index (κ1) is 19.8. The summed E-state index contributed by atoms with van der Waals surface area (Å²) in [7, 11) is 0. The third kappa shape index (κ3) is 5.79. The van der Waals surface area contributed by atoms with Crippen LogP contribution >= 0.6 is 0 Å². The molecule has 1 aliphatic carbocycles. The van der Waals surface area contributed by atoms with E-state index < -0.39 is 5.60 Å². The molecule has 1 atom stereocenters. The Balaban J connectivity index is 1.62. The first-order valence-electron chi connectivity index (χ1n) is 9.44. The van der Waals surface area contributed by atoms with E-state index in [0.29, 0.717) is 5.75 Å². The highest BCUT2D eigenvalue weighted by molar-refractivity contribution is 5.80. The number of aliphatic imine (C=N–C) groups is 1. The van der Waals surface area contributed by atoms with Gasteiger partial charge in [0.2, 0.25) is 0 Å². The molecule has 150 valence electrons. The summed E-state index contributed by atoms with van der Waals surface area (Å²) in [5.41, 5.74) is 8.78. The van der Waals surface area contributed by atoms with Crippen LogP contribution in [0, 0.1) is 0 Å². The van der Waals surface area contributed by atoms with Crippen molar-refractivity contribution in [2.24, 2.45) is 10.7 Å². The quantitative estimate of drug-likeness (QED) is 0.496. The van der Waals surface area contributed by atoms with Gasteiger partial charge in [-0.05, 0) is 51.8 Å². The lowest BCUT2D eigenvalue weighted by molar-refractivity contribution is 0.0285. The summed E-state index contributed by atoms with van der Waals surface area (Å²) in [4.78, 5) is 4.50. The fourth-order valence-corrected chi connectivity index (χ4v) is 2.83. The zero-order valence-corrected chi connectivity index (χ0v) is 16.6. The maximum atomic E-state index is 9.82. The number of allylic oxidation sites excluding steroid dienone is 4. The van der Waals surface area contributed by atoms with Gasteiger partial charge in [0, 0.05) is 34.9 Å². The van der Waals surface area contributed by atoms with Crippen molar-refractivity contribution in [1.29, 1.82) is 0 Å². The van der Waals surface area contributed by atoms with E-state index in [1.165, 1.54) is 0 Å². The highest BCUT2D eigenvalue weighted by Gasteiger charge is 2.17. The Morgan fingerprint density at radius 3 is 2.96 bits per heavy atom. The number of ether oxygens (including phenoxy) is 1. The highest BCUT2D eigenvalue weighted by Crippen LogP contribution is 2.20. The summed E-state index contributed by atoms with van der Waals surface area (Å²) in [5.74, 6) is 1.59. The van der Waals surface area contributed by atoms with Crippen molar-refractivity contribution in [3.8, 4) is 5.75 Å². The predicted molar refractivity (Wildman–Crippen MR) is 113 cm³/mol. The molecule has 1 aromatic rings. The van der Waals surface area contributed by atoms with E-state index in [4.69, 9.17) is 10.5 Å². The van der Waals surface area contributed by atoms with E-state index in [0.717, 1.165) is 41.3 Å². The number of nitrogens with two attached hydrogens (primary N) is 1. The number of nitrogens with zero attached hydrogens (tertiary/aromatic N) is 1. The molecule has 28 heavy (non-hydrogen) atoms. The molecule has 0 saturated carbocycles. The molecule has 7 heteroatoms. The van der Waals surface area contributed by atoms with Crippen LogP contribution in [0.4, 0.5) is 5.69 Å². The van der Waals surface area contributed by atoms with Gasteiger partial charge >= 0.3 is 0 Å². The van der Waals surface area contributed by atoms with Crippen LogP contribution in [0.5, 0.6) is 5.75 Å². The fraction of sp³-hybridized carbons (Fsp3) is 0.381. The van der Waals surface area contributed by atoms with Gasteiger partial charge in [-0.15, -0.1) is 0 Å². The number of anilines is 1. The van der Waals surface area contributed by atoms with Gasteiger partial charge < -0.3 is 31.5 Å². The van der Waals surface area contributed by atoms with Crippen LogP contribution in [0.15, 0.2) is 64.2 Å². The average Bonchev–Trinajstić information content (AvgIpc) is 2.63. The zero-order valence-electron chi connectivity index (χ0n) is 16.6. The summed E-state index contributed by atoms with van der Waals surface area (Å²) in [6, 6.07) is 7.59. The molecule has 0 bridgehead atoms. The summed E-state index contributed by atoms with van der Waals surface area (Å²) in [6.45, 7) is 5.65. The summed E-state index contributed by atoms with van der Waals surface area (Å²) >= 11 is 0. The van der Waals surface area contributed by atoms with E-state index >= 15 is 0 Å². The third-order valence-corrected chi connectivity index (χ3v) is 4.24. The van der Waals surface area contributed by atoms with Crippen molar-refractivity contribution in [2.75, 3.05) is 11.9 Å². The van der Waals surface area contributed by atoms with E-state index in [2.05, 4.69) is 20.9 Å². The second-order valence-electron chi connectivity index (χ2n) is 7.69. The number of aliphatic hydroxyl groups is 1. The molecular weight excluding hydrogens is 354 g/mol. The molecule has 0 amide bonds. The maximum Gasteiger partial charge on any atom is 0.195 e. The van der Waals surface area contributed by atoms with Gasteiger partial charge in [-0.25, -0.2) is 4.99 Å². The van der Waals surface area contributed by atoms with Gasteiger partial charge in [-0.3, -0.25) is 0 Å². The number of benzene rings is 1. The van der Waals surface area contributed by atoms with Gasteiger partial charge in [-0.2, -0.15) is 0 Å². The zero-order chi connectivity index (χ0) is 20.1. The van der Waals surface area contributed by atoms with Crippen molar-refractivity contribution in [2.45, 2.75) is 45.5 Å². The molecule has 0 fully saturated rings. The average molecular weight is 383 g/mol. The molecule has 0 aromatic heterocycles. The Morgan fingerprint density at radius 2 is 2.21 bits per heavy atom.